The number of hydrogen-bond donors (Lipinski definition) is 0. The third-order valence-corrected chi connectivity index (χ3v) is 11.0. The van der Waals surface area contributed by atoms with Gasteiger partial charge in [0.25, 0.3) is 0 Å². The average Bonchev–Trinajstić information content (AvgIpc) is 2.76. The molecule has 2 aliphatic rings. The molecule has 2 aliphatic carbocycles. The number of Topliss-reactive ketones (excluding diaryl/α,β-unsaturated/α-hetero) is 2. The van der Waals surface area contributed by atoms with Crippen molar-refractivity contribution in [2.24, 2.45) is 22.2 Å². The highest BCUT2D eigenvalue weighted by Crippen LogP contribution is 2.64. The van der Waals surface area contributed by atoms with E-state index in [1.165, 1.54) is 0 Å². The molecule has 0 aliphatic heterocycles. The number of carbonyl (C=O) groups excluding carboxylic acids is 2. The van der Waals surface area contributed by atoms with Crippen molar-refractivity contribution < 1.29 is 22.6 Å². The maximum Gasteiger partial charge on any atom is 0.187 e. The van der Waals surface area contributed by atoms with E-state index in [1.807, 2.05) is 34.6 Å². The molecule has 164 valence electrons. The minimum Gasteiger partial charge on any atom is -0.747 e. The summed E-state index contributed by atoms with van der Waals surface area (Å²) in [6, 6.07) is 0. The minimum atomic E-state index is -4.49. The minimum absolute atomic E-state index is 0.174. The van der Waals surface area contributed by atoms with Crippen molar-refractivity contribution >= 4 is 32.6 Å². The van der Waals surface area contributed by atoms with E-state index in [2.05, 4.69) is 27.0 Å². The van der Waals surface area contributed by atoms with Crippen LogP contribution in [0.2, 0.25) is 0 Å². The van der Waals surface area contributed by atoms with Gasteiger partial charge < -0.3 is 4.55 Å². The van der Waals surface area contributed by atoms with Crippen LogP contribution in [0.1, 0.15) is 75.2 Å². The molecule has 0 N–H and O–H groups in total. The quantitative estimate of drug-likeness (QED) is 0.500. The molecule has 4 unspecified atom stereocenters. The van der Waals surface area contributed by atoms with Crippen LogP contribution in [0.3, 0.4) is 0 Å². The lowest BCUT2D eigenvalue weighted by atomic mass is 9.70. The van der Waals surface area contributed by atoms with Crippen molar-refractivity contribution in [3.63, 3.8) is 0 Å². The zero-order valence-corrected chi connectivity index (χ0v) is 20.8. The Morgan fingerprint density at radius 2 is 1.61 bits per heavy atom. The molecule has 0 aromatic heterocycles. The SMILES string of the molecule is CC12CCC(C(S(=O)(=O)[O-])C1=O)C2(C)C.C[S+](CC(=O)C(C)(C)C)C(C)(C)C. The van der Waals surface area contributed by atoms with Gasteiger partial charge in [0.05, 0.1) is 6.26 Å². The Bertz CT molecular complexity index is 725. The lowest BCUT2D eigenvalue weighted by Crippen LogP contribution is -2.38. The van der Waals surface area contributed by atoms with Crippen molar-refractivity contribution in [3.05, 3.63) is 0 Å². The summed E-state index contributed by atoms with van der Waals surface area (Å²) in [5.41, 5.74) is -1.17. The van der Waals surface area contributed by atoms with E-state index < -0.39 is 20.8 Å². The summed E-state index contributed by atoms with van der Waals surface area (Å²) in [6.07, 6.45) is 3.56. The summed E-state index contributed by atoms with van der Waals surface area (Å²) in [7, 11) is -4.30. The first kappa shape index (κ1) is 25.6. The largest absolute Gasteiger partial charge is 0.747 e. The predicted octanol–water partition coefficient (Wildman–Crippen LogP) is 3.57. The summed E-state index contributed by atoms with van der Waals surface area (Å²) in [6.45, 7) is 18.2. The molecule has 2 fully saturated rings. The summed E-state index contributed by atoms with van der Waals surface area (Å²) < 4.78 is 33.5. The molecule has 0 spiro atoms. The first-order chi connectivity index (χ1) is 12.2. The third-order valence-electron chi connectivity index (χ3n) is 7.01. The van der Waals surface area contributed by atoms with Gasteiger partial charge in [-0.25, -0.2) is 8.42 Å². The van der Waals surface area contributed by atoms with Crippen molar-refractivity contribution in [1.29, 1.82) is 0 Å². The first-order valence-electron chi connectivity index (χ1n) is 9.82. The zero-order chi connectivity index (χ0) is 22.5. The molecule has 0 radical (unpaired) electrons. The predicted molar refractivity (Wildman–Crippen MR) is 115 cm³/mol. The van der Waals surface area contributed by atoms with Crippen LogP contribution < -0.4 is 0 Å². The van der Waals surface area contributed by atoms with E-state index in [9.17, 15) is 22.6 Å². The number of hydrogen-bond acceptors (Lipinski definition) is 5. The van der Waals surface area contributed by atoms with Crippen molar-refractivity contribution in [2.45, 2.75) is 85.2 Å². The molecule has 28 heavy (non-hydrogen) atoms. The van der Waals surface area contributed by atoms with Gasteiger partial charge in [-0.3, -0.25) is 9.59 Å². The van der Waals surface area contributed by atoms with E-state index in [4.69, 9.17) is 0 Å². The second-order valence-corrected chi connectivity index (χ2v) is 15.3. The van der Waals surface area contributed by atoms with Crippen LogP contribution in [-0.2, 0) is 30.6 Å². The smallest absolute Gasteiger partial charge is 0.187 e. The number of ketones is 2. The van der Waals surface area contributed by atoms with Gasteiger partial charge in [0, 0.05) is 10.8 Å². The first-order valence-corrected chi connectivity index (χ1v) is 13.1. The van der Waals surface area contributed by atoms with E-state index in [0.717, 1.165) is 5.75 Å². The van der Waals surface area contributed by atoms with E-state index in [0.29, 0.717) is 18.6 Å². The molecule has 2 bridgehead atoms. The Hall–Kier alpha value is -0.400. The Kier molecular flexibility index (Phi) is 7.04. The Balaban J connectivity index is 0.000000284. The summed E-state index contributed by atoms with van der Waals surface area (Å²) in [4.78, 5) is 23.7. The van der Waals surface area contributed by atoms with Crippen LogP contribution in [0, 0.1) is 22.2 Å². The number of rotatable bonds is 3. The van der Waals surface area contributed by atoms with Gasteiger partial charge in [-0.2, -0.15) is 0 Å². The fourth-order valence-electron chi connectivity index (χ4n) is 3.97. The van der Waals surface area contributed by atoms with Crippen LogP contribution in [0.15, 0.2) is 0 Å². The van der Waals surface area contributed by atoms with Gasteiger partial charge in [-0.15, -0.1) is 0 Å². The zero-order valence-electron chi connectivity index (χ0n) is 19.1. The molecule has 5 nitrogen and oxygen atoms in total. The molecule has 2 rings (SSSR count). The maximum atomic E-state index is 12.0. The topological polar surface area (TPSA) is 91.3 Å². The van der Waals surface area contributed by atoms with Gasteiger partial charge >= 0.3 is 0 Å². The Morgan fingerprint density at radius 3 is 1.86 bits per heavy atom. The molecule has 0 heterocycles. The Morgan fingerprint density at radius 1 is 1.14 bits per heavy atom. The van der Waals surface area contributed by atoms with Gasteiger partial charge in [0.1, 0.15) is 20.1 Å². The van der Waals surface area contributed by atoms with Gasteiger partial charge in [-0.1, -0.05) is 41.5 Å². The monoisotopic (exact) mass is 434 g/mol. The molecule has 2 saturated carbocycles. The average molecular weight is 435 g/mol. The molecule has 7 heteroatoms. The lowest BCUT2D eigenvalue weighted by Gasteiger charge is -2.32. The van der Waals surface area contributed by atoms with Gasteiger partial charge in [0.15, 0.2) is 17.3 Å². The van der Waals surface area contributed by atoms with Crippen LogP contribution >= 0.6 is 0 Å². The molecular formula is C21H38O5S2. The highest BCUT2D eigenvalue weighted by molar-refractivity contribution is 7.98. The van der Waals surface area contributed by atoms with Crippen LogP contribution in [0.25, 0.3) is 0 Å². The van der Waals surface area contributed by atoms with Gasteiger partial charge in [-0.05, 0) is 55.8 Å². The van der Waals surface area contributed by atoms with E-state index in [1.54, 1.807) is 6.92 Å². The molecule has 0 saturated heterocycles. The Labute approximate surface area is 174 Å². The fraction of sp³-hybridized carbons (Fsp3) is 0.905. The summed E-state index contributed by atoms with van der Waals surface area (Å²) in [5, 5.41) is -1.30. The van der Waals surface area contributed by atoms with E-state index >= 15 is 0 Å². The summed E-state index contributed by atoms with van der Waals surface area (Å²) >= 11 is 0. The van der Waals surface area contributed by atoms with Crippen LogP contribution in [-0.4, -0.2) is 46.5 Å². The highest BCUT2D eigenvalue weighted by atomic mass is 32.2. The second-order valence-electron chi connectivity index (χ2n) is 11.0. The fourth-order valence-corrected chi connectivity index (χ4v) is 6.63. The lowest BCUT2D eigenvalue weighted by molar-refractivity contribution is -0.128. The van der Waals surface area contributed by atoms with Crippen molar-refractivity contribution in [2.75, 3.05) is 12.0 Å². The maximum absolute atomic E-state index is 12.0. The molecule has 0 amide bonds. The van der Waals surface area contributed by atoms with Crippen molar-refractivity contribution in [3.8, 4) is 0 Å². The standard InChI is InChI=1S/C11H23OS.C10H16O4S/c1-10(2,3)9(12)8-13(7)11(4,5)6;1-9(2)6-4-5-10(9,3)8(11)7(6)15(12,13)14/h8H2,1-7H3;6-7H,4-5H2,1-3H3,(H,12,13,14)/q+1;/p-1. The number of fused-ring (bicyclic) bond motifs is 2. The number of carbonyl (C=O) groups is 2. The van der Waals surface area contributed by atoms with Crippen molar-refractivity contribution in [1.82, 2.24) is 0 Å². The molecule has 4 atom stereocenters. The third kappa shape index (κ3) is 4.84. The van der Waals surface area contributed by atoms with E-state index in [-0.39, 0.29) is 38.2 Å². The van der Waals surface area contributed by atoms with Crippen LogP contribution in [0.4, 0.5) is 0 Å². The molecule has 0 aromatic rings. The normalized spacial score (nSPS) is 30.6. The molecular weight excluding hydrogens is 396 g/mol. The van der Waals surface area contributed by atoms with Crippen LogP contribution in [0.5, 0.6) is 0 Å². The second kappa shape index (κ2) is 7.69. The molecule has 0 aromatic carbocycles. The van der Waals surface area contributed by atoms with Gasteiger partial charge in [0.2, 0.25) is 0 Å². The summed E-state index contributed by atoms with van der Waals surface area (Å²) in [5.74, 6) is 0.456. The highest BCUT2D eigenvalue weighted by Gasteiger charge is 2.67.